The van der Waals surface area contributed by atoms with Gasteiger partial charge in [0.1, 0.15) is 5.84 Å². The molecule has 1 aliphatic heterocycles. The Hall–Kier alpha value is -0.810. The first-order valence-electron chi connectivity index (χ1n) is 6.41. The Bertz CT molecular complexity index is 238. The maximum Gasteiger partial charge on any atom is 0.139 e. The molecule has 1 fully saturated rings. The number of hydrogen-bond donors (Lipinski definition) is 3. The van der Waals surface area contributed by atoms with E-state index in [1.54, 1.807) is 0 Å². The lowest BCUT2D eigenvalue weighted by atomic mass is 9.82. The van der Waals surface area contributed by atoms with E-state index in [4.69, 9.17) is 15.7 Å². The van der Waals surface area contributed by atoms with Crippen molar-refractivity contribution in [3.8, 4) is 0 Å². The van der Waals surface area contributed by atoms with E-state index in [9.17, 15) is 0 Å². The molecular formula is C12H25N3O2. The minimum absolute atomic E-state index is 0.321. The Morgan fingerprint density at radius 1 is 1.41 bits per heavy atom. The molecule has 0 radical (unpaired) electrons. The Morgan fingerprint density at radius 2 is 2.12 bits per heavy atom. The van der Waals surface area contributed by atoms with Gasteiger partial charge < -0.3 is 21.0 Å². The third kappa shape index (κ3) is 5.89. The van der Waals surface area contributed by atoms with Crippen LogP contribution in [0.15, 0.2) is 5.16 Å². The lowest BCUT2D eigenvalue weighted by Gasteiger charge is -2.33. The fourth-order valence-corrected chi connectivity index (χ4v) is 2.04. The van der Waals surface area contributed by atoms with Gasteiger partial charge in [-0.3, -0.25) is 0 Å². The van der Waals surface area contributed by atoms with Gasteiger partial charge in [-0.15, -0.1) is 0 Å². The van der Waals surface area contributed by atoms with Gasteiger partial charge in [0.25, 0.3) is 0 Å². The lowest BCUT2D eigenvalue weighted by molar-refractivity contribution is 0.0242. The lowest BCUT2D eigenvalue weighted by Crippen LogP contribution is -2.37. The monoisotopic (exact) mass is 243 g/mol. The quantitative estimate of drug-likeness (QED) is 0.207. The van der Waals surface area contributed by atoms with E-state index in [1.807, 2.05) is 0 Å². The predicted molar refractivity (Wildman–Crippen MR) is 68.3 cm³/mol. The molecule has 1 heterocycles. The number of hydrogen-bond acceptors (Lipinski definition) is 4. The first-order valence-corrected chi connectivity index (χ1v) is 6.41. The Balaban J connectivity index is 2.00. The molecule has 100 valence electrons. The number of nitrogens with one attached hydrogen (secondary N) is 1. The number of nitrogens with zero attached hydrogens (tertiary/aromatic N) is 1. The molecule has 0 unspecified atom stereocenters. The molecule has 0 spiro atoms. The zero-order valence-electron chi connectivity index (χ0n) is 10.7. The molecule has 0 aromatic heterocycles. The fraction of sp³-hybridized carbons (Fsp3) is 0.917. The van der Waals surface area contributed by atoms with Crippen LogP contribution < -0.4 is 11.1 Å². The van der Waals surface area contributed by atoms with Gasteiger partial charge in [0.15, 0.2) is 0 Å². The highest BCUT2D eigenvalue weighted by atomic mass is 16.5. The van der Waals surface area contributed by atoms with Crippen LogP contribution in [-0.2, 0) is 4.74 Å². The Morgan fingerprint density at radius 3 is 2.76 bits per heavy atom. The van der Waals surface area contributed by atoms with Crippen LogP contribution in [0.5, 0.6) is 0 Å². The summed E-state index contributed by atoms with van der Waals surface area (Å²) in [5, 5.41) is 14.8. The molecule has 0 aliphatic carbocycles. The van der Waals surface area contributed by atoms with Crippen LogP contribution in [-0.4, -0.2) is 37.3 Å². The van der Waals surface area contributed by atoms with Gasteiger partial charge in [-0.1, -0.05) is 12.1 Å². The van der Waals surface area contributed by atoms with Crippen molar-refractivity contribution in [2.24, 2.45) is 16.3 Å². The van der Waals surface area contributed by atoms with Gasteiger partial charge in [-0.2, -0.15) is 0 Å². The van der Waals surface area contributed by atoms with Crippen molar-refractivity contribution in [2.75, 3.05) is 26.3 Å². The van der Waals surface area contributed by atoms with Gasteiger partial charge >= 0.3 is 0 Å². The Kier molecular flexibility index (Phi) is 6.29. The number of ether oxygens (including phenoxy) is 1. The molecule has 4 N–H and O–H groups in total. The molecule has 1 aliphatic rings. The number of unbranched alkanes of at least 4 members (excludes halogenated alkanes) is 1. The van der Waals surface area contributed by atoms with Crippen molar-refractivity contribution in [3.05, 3.63) is 0 Å². The summed E-state index contributed by atoms with van der Waals surface area (Å²) >= 11 is 0. The second-order valence-electron chi connectivity index (χ2n) is 5.15. The normalized spacial score (nSPS) is 20.4. The average molecular weight is 243 g/mol. The molecule has 0 atom stereocenters. The first-order chi connectivity index (χ1) is 8.16. The summed E-state index contributed by atoms with van der Waals surface area (Å²) in [5.41, 5.74) is 5.78. The molecule has 5 nitrogen and oxygen atoms in total. The summed E-state index contributed by atoms with van der Waals surface area (Å²) in [6.45, 7) is 6.15. The minimum atomic E-state index is 0.321. The summed E-state index contributed by atoms with van der Waals surface area (Å²) in [5.74, 6) is 0.321. The summed E-state index contributed by atoms with van der Waals surface area (Å²) < 4.78 is 5.37. The Labute approximate surface area is 103 Å². The zero-order chi connectivity index (χ0) is 12.6. The van der Waals surface area contributed by atoms with Gasteiger partial charge in [0.2, 0.25) is 0 Å². The van der Waals surface area contributed by atoms with Crippen LogP contribution in [0, 0.1) is 5.41 Å². The second kappa shape index (κ2) is 7.50. The van der Waals surface area contributed by atoms with Crippen molar-refractivity contribution in [1.29, 1.82) is 0 Å². The molecule has 0 saturated carbocycles. The highest BCUT2D eigenvalue weighted by Gasteiger charge is 2.26. The van der Waals surface area contributed by atoms with Crippen LogP contribution in [0.1, 0.15) is 39.0 Å². The summed E-state index contributed by atoms with van der Waals surface area (Å²) in [6.07, 6.45) is 4.98. The van der Waals surface area contributed by atoms with Crippen molar-refractivity contribution < 1.29 is 9.94 Å². The largest absolute Gasteiger partial charge is 0.409 e. The van der Waals surface area contributed by atoms with E-state index in [0.29, 0.717) is 17.7 Å². The molecule has 5 heteroatoms. The van der Waals surface area contributed by atoms with Crippen LogP contribution in [0.4, 0.5) is 0 Å². The second-order valence-corrected chi connectivity index (χ2v) is 5.15. The molecule has 1 saturated heterocycles. The summed E-state index contributed by atoms with van der Waals surface area (Å²) in [7, 11) is 0. The van der Waals surface area contributed by atoms with Crippen LogP contribution in [0.25, 0.3) is 0 Å². The zero-order valence-corrected chi connectivity index (χ0v) is 10.7. The van der Waals surface area contributed by atoms with Crippen LogP contribution in [0.3, 0.4) is 0 Å². The average Bonchev–Trinajstić information content (AvgIpc) is 2.34. The van der Waals surface area contributed by atoms with Gasteiger partial charge in [-0.25, -0.2) is 0 Å². The van der Waals surface area contributed by atoms with Crippen LogP contribution >= 0.6 is 0 Å². The standard InChI is InChI=1S/C12H25N3O2/c1-12(5-8-17-9-6-12)10-14-7-3-2-4-11(13)15-16/h14,16H,2-10H2,1H3,(H2,13,15). The highest BCUT2D eigenvalue weighted by molar-refractivity contribution is 5.79. The molecular weight excluding hydrogens is 218 g/mol. The van der Waals surface area contributed by atoms with E-state index in [1.165, 1.54) is 0 Å². The smallest absolute Gasteiger partial charge is 0.139 e. The van der Waals surface area contributed by atoms with Crippen molar-refractivity contribution in [1.82, 2.24) is 5.32 Å². The predicted octanol–water partition coefficient (Wildman–Crippen LogP) is 1.31. The summed E-state index contributed by atoms with van der Waals surface area (Å²) in [4.78, 5) is 0. The SMILES string of the molecule is CC1(CNCCCCC(N)=NO)CCOCC1. The molecule has 17 heavy (non-hydrogen) atoms. The van der Waals surface area contributed by atoms with E-state index >= 15 is 0 Å². The van der Waals surface area contributed by atoms with Gasteiger partial charge in [0.05, 0.1) is 0 Å². The fourth-order valence-electron chi connectivity index (χ4n) is 2.04. The molecule has 1 rings (SSSR count). The van der Waals surface area contributed by atoms with Crippen molar-refractivity contribution in [2.45, 2.75) is 39.0 Å². The third-order valence-electron chi connectivity index (χ3n) is 3.42. The van der Waals surface area contributed by atoms with Gasteiger partial charge in [-0.05, 0) is 37.6 Å². The first kappa shape index (κ1) is 14.3. The minimum Gasteiger partial charge on any atom is -0.409 e. The maximum absolute atomic E-state index is 8.38. The molecule has 0 aromatic carbocycles. The van der Waals surface area contributed by atoms with Gasteiger partial charge in [0, 0.05) is 26.2 Å². The topological polar surface area (TPSA) is 79.9 Å². The molecule has 0 aromatic rings. The van der Waals surface area contributed by atoms with Crippen molar-refractivity contribution >= 4 is 5.84 Å². The van der Waals surface area contributed by atoms with Crippen molar-refractivity contribution in [3.63, 3.8) is 0 Å². The van der Waals surface area contributed by atoms with E-state index < -0.39 is 0 Å². The number of nitrogens with two attached hydrogens (primary N) is 1. The summed E-state index contributed by atoms with van der Waals surface area (Å²) in [6, 6.07) is 0. The van der Waals surface area contributed by atoms with E-state index in [2.05, 4.69) is 17.4 Å². The molecule has 0 amide bonds. The number of oxime groups is 1. The third-order valence-corrected chi connectivity index (χ3v) is 3.42. The highest BCUT2D eigenvalue weighted by Crippen LogP contribution is 2.28. The maximum atomic E-state index is 8.38. The number of amidine groups is 1. The van der Waals surface area contributed by atoms with E-state index in [-0.39, 0.29) is 0 Å². The van der Waals surface area contributed by atoms with Crippen LogP contribution in [0.2, 0.25) is 0 Å². The molecule has 0 bridgehead atoms. The van der Waals surface area contributed by atoms with E-state index in [0.717, 1.165) is 52.0 Å². The number of rotatable bonds is 7.